The van der Waals surface area contributed by atoms with E-state index >= 15 is 0 Å². The zero-order valence-corrected chi connectivity index (χ0v) is 19.4. The van der Waals surface area contributed by atoms with Crippen LogP contribution in [0.25, 0.3) is 5.57 Å². The fraction of sp³-hybridized carbons (Fsp3) is 0.214. The first-order valence-corrected chi connectivity index (χ1v) is 11.2. The molecule has 1 N–H and O–H groups in total. The molecule has 1 aliphatic heterocycles. The lowest BCUT2D eigenvalue weighted by molar-refractivity contribution is -0.120. The molecule has 33 heavy (non-hydrogen) atoms. The summed E-state index contributed by atoms with van der Waals surface area (Å²) < 4.78 is 5.68. The SMILES string of the molecule is CCCOc1ccc(C2=C(Nc3cccc(C)c3)C(=O)N(c3ccc(C)c(C)c3)C2=O)cc1. The van der Waals surface area contributed by atoms with E-state index in [0.717, 1.165) is 34.5 Å². The topological polar surface area (TPSA) is 58.6 Å². The van der Waals surface area contributed by atoms with Crippen molar-refractivity contribution in [3.05, 3.63) is 94.7 Å². The summed E-state index contributed by atoms with van der Waals surface area (Å²) >= 11 is 0. The largest absolute Gasteiger partial charge is 0.494 e. The lowest BCUT2D eigenvalue weighted by atomic mass is 10.0. The van der Waals surface area contributed by atoms with Gasteiger partial charge in [0.1, 0.15) is 11.4 Å². The van der Waals surface area contributed by atoms with Crippen LogP contribution in [0.4, 0.5) is 11.4 Å². The number of anilines is 2. The third-order valence-electron chi connectivity index (χ3n) is 5.74. The first-order valence-electron chi connectivity index (χ1n) is 11.2. The molecule has 0 fully saturated rings. The minimum atomic E-state index is -0.369. The van der Waals surface area contributed by atoms with Crippen LogP contribution in [0.15, 0.2) is 72.4 Å². The molecule has 0 saturated heterocycles. The Hall–Kier alpha value is -3.86. The van der Waals surface area contributed by atoms with Crippen molar-refractivity contribution in [2.45, 2.75) is 34.1 Å². The second-order valence-electron chi connectivity index (χ2n) is 8.33. The maximum absolute atomic E-state index is 13.6. The normalized spacial score (nSPS) is 13.6. The van der Waals surface area contributed by atoms with E-state index < -0.39 is 0 Å². The van der Waals surface area contributed by atoms with Crippen LogP contribution in [-0.4, -0.2) is 18.4 Å². The van der Waals surface area contributed by atoms with Crippen molar-refractivity contribution in [2.75, 3.05) is 16.8 Å². The zero-order valence-electron chi connectivity index (χ0n) is 19.4. The number of ether oxygens (including phenoxy) is 1. The number of benzene rings is 3. The van der Waals surface area contributed by atoms with Crippen LogP contribution in [0, 0.1) is 20.8 Å². The molecule has 1 heterocycles. The van der Waals surface area contributed by atoms with Gasteiger partial charge >= 0.3 is 0 Å². The van der Waals surface area contributed by atoms with E-state index in [2.05, 4.69) is 5.32 Å². The summed E-state index contributed by atoms with van der Waals surface area (Å²) in [4.78, 5) is 28.4. The second kappa shape index (κ2) is 9.33. The smallest absolute Gasteiger partial charge is 0.282 e. The van der Waals surface area contributed by atoms with Gasteiger partial charge in [-0.25, -0.2) is 4.90 Å². The van der Waals surface area contributed by atoms with Crippen LogP contribution >= 0.6 is 0 Å². The molecule has 0 radical (unpaired) electrons. The summed E-state index contributed by atoms with van der Waals surface area (Å²) in [7, 11) is 0. The van der Waals surface area contributed by atoms with Gasteiger partial charge in [0.05, 0.1) is 17.9 Å². The zero-order chi connectivity index (χ0) is 23.5. The van der Waals surface area contributed by atoms with E-state index in [4.69, 9.17) is 4.74 Å². The molecule has 0 bridgehead atoms. The molecule has 0 aromatic heterocycles. The highest BCUT2D eigenvalue weighted by molar-refractivity contribution is 6.46. The first-order chi connectivity index (χ1) is 15.9. The van der Waals surface area contributed by atoms with Gasteiger partial charge in [-0.1, -0.05) is 37.3 Å². The molecule has 0 atom stereocenters. The average molecular weight is 441 g/mol. The summed E-state index contributed by atoms with van der Waals surface area (Å²) in [5.41, 5.74) is 5.79. The maximum atomic E-state index is 13.6. The fourth-order valence-corrected chi connectivity index (χ4v) is 3.82. The van der Waals surface area contributed by atoms with Crippen molar-refractivity contribution in [3.8, 4) is 5.75 Å². The third-order valence-corrected chi connectivity index (χ3v) is 5.74. The molecule has 0 unspecified atom stereocenters. The number of imide groups is 1. The molecule has 1 aliphatic rings. The molecule has 4 rings (SSSR count). The number of hydrogen-bond acceptors (Lipinski definition) is 4. The minimum absolute atomic E-state index is 0.269. The Bertz CT molecular complexity index is 1240. The number of hydrogen-bond donors (Lipinski definition) is 1. The van der Waals surface area contributed by atoms with Crippen molar-refractivity contribution < 1.29 is 14.3 Å². The van der Waals surface area contributed by atoms with Crippen LogP contribution in [0.5, 0.6) is 5.75 Å². The van der Waals surface area contributed by atoms with Crippen LogP contribution in [-0.2, 0) is 9.59 Å². The van der Waals surface area contributed by atoms with Crippen LogP contribution < -0.4 is 15.0 Å². The molecule has 2 amide bonds. The van der Waals surface area contributed by atoms with E-state index in [-0.39, 0.29) is 17.5 Å². The molecule has 3 aromatic rings. The summed E-state index contributed by atoms with van der Waals surface area (Å²) in [5.74, 6) is 0.0175. The molecule has 5 nitrogen and oxygen atoms in total. The number of nitrogens with one attached hydrogen (secondary N) is 1. The fourth-order valence-electron chi connectivity index (χ4n) is 3.82. The van der Waals surface area contributed by atoms with Gasteiger partial charge in [-0.3, -0.25) is 9.59 Å². The van der Waals surface area contributed by atoms with E-state index in [9.17, 15) is 9.59 Å². The minimum Gasteiger partial charge on any atom is -0.494 e. The maximum Gasteiger partial charge on any atom is 0.282 e. The van der Waals surface area contributed by atoms with E-state index in [0.29, 0.717) is 23.4 Å². The van der Waals surface area contributed by atoms with Crippen molar-refractivity contribution in [2.24, 2.45) is 0 Å². The highest BCUT2D eigenvalue weighted by Gasteiger charge is 2.40. The summed E-state index contributed by atoms with van der Waals surface area (Å²) in [6, 6.07) is 20.7. The van der Waals surface area contributed by atoms with Crippen LogP contribution in [0.1, 0.15) is 35.6 Å². The van der Waals surface area contributed by atoms with E-state index in [1.807, 2.05) is 94.4 Å². The van der Waals surface area contributed by atoms with Gasteiger partial charge < -0.3 is 10.1 Å². The van der Waals surface area contributed by atoms with Crippen molar-refractivity contribution >= 4 is 28.8 Å². The van der Waals surface area contributed by atoms with Crippen molar-refractivity contribution in [3.63, 3.8) is 0 Å². The Kier molecular flexibility index (Phi) is 6.31. The highest BCUT2D eigenvalue weighted by atomic mass is 16.5. The van der Waals surface area contributed by atoms with Crippen molar-refractivity contribution in [1.29, 1.82) is 0 Å². The lowest BCUT2D eigenvalue weighted by Crippen LogP contribution is -2.32. The predicted octanol–water partition coefficient (Wildman–Crippen LogP) is 5.80. The monoisotopic (exact) mass is 440 g/mol. The number of amides is 2. The lowest BCUT2D eigenvalue weighted by Gasteiger charge is -2.17. The van der Waals surface area contributed by atoms with Crippen LogP contribution in [0.3, 0.4) is 0 Å². The molecule has 0 saturated carbocycles. The number of carbonyl (C=O) groups is 2. The predicted molar refractivity (Wildman–Crippen MR) is 132 cm³/mol. The van der Waals surface area contributed by atoms with Gasteiger partial charge in [-0.2, -0.15) is 0 Å². The molecule has 0 aliphatic carbocycles. The molecular formula is C28H28N2O3. The highest BCUT2D eigenvalue weighted by Crippen LogP contribution is 2.35. The Morgan fingerprint density at radius 3 is 2.27 bits per heavy atom. The Labute approximate surface area is 194 Å². The molecular weight excluding hydrogens is 412 g/mol. The van der Waals surface area contributed by atoms with Crippen molar-refractivity contribution in [1.82, 2.24) is 0 Å². The summed E-state index contributed by atoms with van der Waals surface area (Å²) in [6.07, 6.45) is 0.912. The quantitative estimate of drug-likeness (QED) is 0.472. The van der Waals surface area contributed by atoms with Crippen LogP contribution in [0.2, 0.25) is 0 Å². The second-order valence-corrected chi connectivity index (χ2v) is 8.33. The average Bonchev–Trinajstić information content (AvgIpc) is 3.04. The van der Waals surface area contributed by atoms with E-state index in [1.165, 1.54) is 4.90 Å². The molecule has 168 valence electrons. The number of rotatable bonds is 7. The van der Waals surface area contributed by atoms with Gasteiger partial charge in [0, 0.05) is 5.69 Å². The Morgan fingerprint density at radius 2 is 1.61 bits per heavy atom. The number of aryl methyl sites for hydroxylation is 3. The molecule has 5 heteroatoms. The number of carbonyl (C=O) groups excluding carboxylic acids is 2. The summed E-state index contributed by atoms with van der Waals surface area (Å²) in [5, 5.41) is 3.22. The van der Waals surface area contributed by atoms with Gasteiger partial charge in [-0.15, -0.1) is 0 Å². The van der Waals surface area contributed by atoms with Gasteiger partial charge in [0.15, 0.2) is 0 Å². The number of nitrogens with zero attached hydrogens (tertiary/aromatic N) is 1. The van der Waals surface area contributed by atoms with E-state index in [1.54, 1.807) is 0 Å². The summed E-state index contributed by atoms with van der Waals surface area (Å²) in [6.45, 7) is 8.63. The Balaban J connectivity index is 1.77. The Morgan fingerprint density at radius 1 is 0.848 bits per heavy atom. The third kappa shape index (κ3) is 4.53. The first kappa shape index (κ1) is 22.3. The molecule has 3 aromatic carbocycles. The molecule has 0 spiro atoms. The van der Waals surface area contributed by atoms with Gasteiger partial charge in [-0.05, 0) is 85.8 Å². The van der Waals surface area contributed by atoms with Gasteiger partial charge in [0.2, 0.25) is 0 Å². The van der Waals surface area contributed by atoms with Gasteiger partial charge in [0.25, 0.3) is 11.8 Å². The standard InChI is InChI=1S/C28H28N2O3/c1-5-15-33-24-13-10-21(11-14-24)25-26(29-22-8-6-7-18(2)16-22)28(32)30(27(25)31)23-12-9-19(3)20(4)17-23/h6-14,16-17,29H,5,15H2,1-4H3.